The van der Waals surface area contributed by atoms with Gasteiger partial charge in [-0.3, -0.25) is 14.9 Å². The Morgan fingerprint density at radius 3 is 1.73 bits per heavy atom. The average Bonchev–Trinajstić information content (AvgIpc) is 2.56. The minimum Gasteiger partial charge on any atom is -0.368 e. The molecule has 2 unspecified atom stereocenters. The van der Waals surface area contributed by atoms with Crippen molar-refractivity contribution < 1.29 is 9.59 Å². The van der Waals surface area contributed by atoms with Crippen molar-refractivity contribution in [1.82, 2.24) is 5.32 Å². The maximum absolute atomic E-state index is 11.1. The molecule has 0 aromatic heterocycles. The Kier molecular flexibility index (Phi) is 2.17. The van der Waals surface area contributed by atoms with Crippen LogP contribution in [-0.4, -0.2) is 11.8 Å². The van der Waals surface area contributed by atoms with Crippen molar-refractivity contribution in [2.75, 3.05) is 0 Å². The molecule has 0 aliphatic carbocycles. The predicted molar refractivity (Wildman–Crippen MR) is 53.4 cm³/mol. The Labute approximate surface area is 86.4 Å². The van der Waals surface area contributed by atoms with Crippen molar-refractivity contribution in [2.45, 2.75) is 12.1 Å². The molecular weight excluding hydrogens is 194 g/mol. The lowest BCUT2D eigenvalue weighted by Crippen LogP contribution is -2.35. The number of nitrogens with one attached hydrogen (secondary N) is 1. The van der Waals surface area contributed by atoms with Crippen LogP contribution in [0.1, 0.15) is 23.2 Å². The molecule has 78 valence electrons. The summed E-state index contributed by atoms with van der Waals surface area (Å²) in [7, 11) is 0. The summed E-state index contributed by atoms with van der Waals surface area (Å²) in [4.78, 5) is 22.3. The van der Waals surface area contributed by atoms with E-state index in [0.717, 1.165) is 11.1 Å². The third kappa shape index (κ3) is 1.46. The van der Waals surface area contributed by atoms with Crippen molar-refractivity contribution in [3.05, 3.63) is 35.4 Å². The third-order valence-corrected chi connectivity index (χ3v) is 2.52. The lowest BCUT2D eigenvalue weighted by molar-refractivity contribution is -0.121. The fourth-order valence-corrected chi connectivity index (χ4v) is 1.85. The SMILES string of the molecule is NC(=O)C1NC(C(N)=O)c2ccccc21. The van der Waals surface area contributed by atoms with Gasteiger partial charge in [-0.05, 0) is 11.1 Å². The summed E-state index contributed by atoms with van der Waals surface area (Å²) in [5.74, 6) is -1.02. The number of fused-ring (bicyclic) bond motifs is 1. The normalized spacial score (nSPS) is 23.5. The standard InChI is InChI=1S/C10H11N3O2/c11-9(14)7-5-3-1-2-4-6(5)8(13-7)10(12)15/h1-4,7-8,13H,(H2,11,14)(H2,12,15). The number of nitrogens with two attached hydrogens (primary N) is 2. The molecule has 15 heavy (non-hydrogen) atoms. The Morgan fingerprint density at radius 2 is 1.40 bits per heavy atom. The van der Waals surface area contributed by atoms with Gasteiger partial charge in [0, 0.05) is 0 Å². The highest BCUT2D eigenvalue weighted by Gasteiger charge is 2.35. The summed E-state index contributed by atoms with van der Waals surface area (Å²) < 4.78 is 0. The molecule has 0 fully saturated rings. The van der Waals surface area contributed by atoms with Crippen LogP contribution in [0.5, 0.6) is 0 Å². The maximum atomic E-state index is 11.1. The van der Waals surface area contributed by atoms with Crippen LogP contribution in [0.2, 0.25) is 0 Å². The van der Waals surface area contributed by atoms with Gasteiger partial charge >= 0.3 is 0 Å². The van der Waals surface area contributed by atoms with Gasteiger partial charge in [-0.25, -0.2) is 0 Å². The van der Waals surface area contributed by atoms with Crippen LogP contribution in [0.3, 0.4) is 0 Å². The number of amides is 2. The zero-order valence-corrected chi connectivity index (χ0v) is 7.94. The first-order valence-electron chi connectivity index (χ1n) is 4.54. The molecule has 1 aliphatic heterocycles. The molecule has 0 radical (unpaired) electrons. The quantitative estimate of drug-likeness (QED) is 0.597. The van der Waals surface area contributed by atoms with Gasteiger partial charge in [0.25, 0.3) is 0 Å². The van der Waals surface area contributed by atoms with Crippen molar-refractivity contribution in [1.29, 1.82) is 0 Å². The number of carbonyl (C=O) groups excluding carboxylic acids is 2. The lowest BCUT2D eigenvalue weighted by Gasteiger charge is -2.08. The van der Waals surface area contributed by atoms with Gasteiger partial charge < -0.3 is 11.5 Å². The minimum absolute atomic E-state index is 0.508. The number of hydrogen-bond acceptors (Lipinski definition) is 3. The highest BCUT2D eigenvalue weighted by Crippen LogP contribution is 2.32. The van der Waals surface area contributed by atoms with Crippen molar-refractivity contribution >= 4 is 11.8 Å². The maximum Gasteiger partial charge on any atom is 0.239 e. The highest BCUT2D eigenvalue weighted by molar-refractivity contribution is 5.89. The molecular formula is C10H11N3O2. The largest absolute Gasteiger partial charge is 0.368 e. The van der Waals surface area contributed by atoms with Crippen LogP contribution >= 0.6 is 0 Å². The number of hydrogen-bond donors (Lipinski definition) is 3. The second kappa shape index (κ2) is 3.36. The molecule has 0 saturated heterocycles. The predicted octanol–water partition coefficient (Wildman–Crippen LogP) is -0.657. The molecule has 2 rings (SSSR count). The molecule has 1 aromatic rings. The van der Waals surface area contributed by atoms with E-state index in [-0.39, 0.29) is 0 Å². The third-order valence-electron chi connectivity index (χ3n) is 2.52. The zero-order valence-electron chi connectivity index (χ0n) is 7.94. The fourth-order valence-electron chi connectivity index (χ4n) is 1.85. The van der Waals surface area contributed by atoms with Crippen LogP contribution in [0.4, 0.5) is 0 Å². The first kappa shape index (κ1) is 9.67. The van der Waals surface area contributed by atoms with Crippen LogP contribution in [-0.2, 0) is 9.59 Å². The van der Waals surface area contributed by atoms with Gasteiger partial charge in [-0.2, -0.15) is 0 Å². The molecule has 2 amide bonds. The molecule has 1 aromatic carbocycles. The van der Waals surface area contributed by atoms with E-state index < -0.39 is 23.9 Å². The summed E-state index contributed by atoms with van der Waals surface area (Å²) >= 11 is 0. The smallest absolute Gasteiger partial charge is 0.239 e. The second-order valence-electron chi connectivity index (χ2n) is 3.47. The molecule has 5 N–H and O–H groups in total. The van der Waals surface area contributed by atoms with E-state index in [2.05, 4.69) is 5.32 Å². The molecule has 0 spiro atoms. The van der Waals surface area contributed by atoms with E-state index in [4.69, 9.17) is 11.5 Å². The van der Waals surface area contributed by atoms with Gasteiger partial charge in [0.05, 0.1) is 0 Å². The van der Waals surface area contributed by atoms with E-state index >= 15 is 0 Å². The monoisotopic (exact) mass is 205 g/mol. The molecule has 0 bridgehead atoms. The molecule has 5 heteroatoms. The van der Waals surface area contributed by atoms with Crippen molar-refractivity contribution in [3.8, 4) is 0 Å². The number of carbonyl (C=O) groups is 2. The summed E-state index contributed by atoms with van der Waals surface area (Å²) in [6.45, 7) is 0. The van der Waals surface area contributed by atoms with Crippen molar-refractivity contribution in [2.24, 2.45) is 11.5 Å². The number of primary amides is 2. The minimum atomic E-state index is -0.626. The summed E-state index contributed by atoms with van der Waals surface area (Å²) in [5, 5.41) is 2.81. The first-order valence-corrected chi connectivity index (χ1v) is 4.54. The highest BCUT2D eigenvalue weighted by atomic mass is 16.2. The van der Waals surface area contributed by atoms with Crippen LogP contribution in [0.25, 0.3) is 0 Å². The molecule has 0 saturated carbocycles. The first-order chi connectivity index (χ1) is 7.11. The zero-order chi connectivity index (χ0) is 11.0. The summed E-state index contributed by atoms with van der Waals surface area (Å²) in [5.41, 5.74) is 11.9. The molecule has 1 heterocycles. The van der Waals surface area contributed by atoms with E-state index in [9.17, 15) is 9.59 Å². The Hall–Kier alpha value is -1.88. The molecule has 1 aliphatic rings. The second-order valence-corrected chi connectivity index (χ2v) is 3.47. The van der Waals surface area contributed by atoms with Crippen molar-refractivity contribution in [3.63, 3.8) is 0 Å². The number of benzene rings is 1. The van der Waals surface area contributed by atoms with Gasteiger partial charge in [0.15, 0.2) is 0 Å². The van der Waals surface area contributed by atoms with Crippen LogP contribution in [0.15, 0.2) is 24.3 Å². The lowest BCUT2D eigenvalue weighted by atomic mass is 10.0. The van der Waals surface area contributed by atoms with Gasteiger partial charge in [-0.15, -0.1) is 0 Å². The Balaban J connectivity index is 2.48. The van der Waals surface area contributed by atoms with Gasteiger partial charge in [-0.1, -0.05) is 24.3 Å². The average molecular weight is 205 g/mol. The topological polar surface area (TPSA) is 98.2 Å². The van der Waals surface area contributed by atoms with Gasteiger partial charge in [0.2, 0.25) is 11.8 Å². The van der Waals surface area contributed by atoms with Crippen LogP contribution < -0.4 is 16.8 Å². The van der Waals surface area contributed by atoms with E-state index in [1.54, 1.807) is 24.3 Å². The summed E-state index contributed by atoms with van der Waals surface area (Å²) in [6.07, 6.45) is 0. The number of rotatable bonds is 2. The fraction of sp³-hybridized carbons (Fsp3) is 0.200. The molecule has 2 atom stereocenters. The van der Waals surface area contributed by atoms with E-state index in [1.807, 2.05) is 0 Å². The van der Waals surface area contributed by atoms with Crippen LogP contribution in [0, 0.1) is 0 Å². The summed E-state index contributed by atoms with van der Waals surface area (Å²) in [6, 6.07) is 5.86. The molecule has 5 nitrogen and oxygen atoms in total. The van der Waals surface area contributed by atoms with E-state index in [0.29, 0.717) is 0 Å². The Bertz CT molecular complexity index is 391. The van der Waals surface area contributed by atoms with E-state index in [1.165, 1.54) is 0 Å². The Morgan fingerprint density at radius 1 is 1.00 bits per heavy atom. The van der Waals surface area contributed by atoms with Gasteiger partial charge in [0.1, 0.15) is 12.1 Å².